The molecule has 5 heteroatoms. The maximum absolute atomic E-state index is 10.4. The van der Waals surface area contributed by atoms with E-state index < -0.39 is 17.2 Å². The van der Waals surface area contributed by atoms with Crippen LogP contribution in [-0.4, -0.2) is 28.9 Å². The highest BCUT2D eigenvalue weighted by Crippen LogP contribution is 1.90. The number of carbonyl (C=O) groups excluding carboxylic acids is 1. The van der Waals surface area contributed by atoms with Crippen LogP contribution < -0.4 is 5.73 Å². The Morgan fingerprint density at radius 3 is 2.60 bits per heavy atom. The summed E-state index contributed by atoms with van der Waals surface area (Å²) in [5, 5.41) is 0. The zero-order chi connectivity index (χ0) is 7.28. The molecule has 3 nitrogen and oxygen atoms in total. The Balaban J connectivity index is 0. The van der Waals surface area contributed by atoms with Crippen molar-refractivity contribution in [3.8, 4) is 0 Å². The Bertz CT molecular complexity index is 91.7. The zero-order valence-corrected chi connectivity index (χ0v) is 7.41. The van der Waals surface area contributed by atoms with E-state index in [0.717, 1.165) is 0 Å². The minimum atomic E-state index is -0.827. The number of hydrogen-bond donors (Lipinski definition) is 1. The Labute approximate surface area is 69.9 Å². The predicted molar refractivity (Wildman–Crippen MR) is 44.8 cm³/mol. The highest BCUT2D eigenvalue weighted by atomic mass is 35.5. The van der Waals surface area contributed by atoms with E-state index in [4.69, 9.17) is 5.73 Å². The first-order valence-electron chi connectivity index (χ1n) is 2.67. The summed E-state index contributed by atoms with van der Waals surface area (Å²) >= 11 is -0.827. The lowest BCUT2D eigenvalue weighted by Crippen LogP contribution is -2.24. The van der Waals surface area contributed by atoms with Gasteiger partial charge in [0.15, 0.2) is 0 Å². The summed E-state index contributed by atoms with van der Waals surface area (Å²) in [5.41, 5.74) is 5.22. The van der Waals surface area contributed by atoms with Crippen molar-refractivity contribution in [2.45, 2.75) is 12.5 Å². The van der Waals surface area contributed by atoms with E-state index in [0.29, 0.717) is 18.5 Å². The van der Waals surface area contributed by atoms with Gasteiger partial charge >= 0.3 is 0 Å². The van der Waals surface area contributed by atoms with Gasteiger partial charge in [0.05, 0.1) is 12.3 Å². The second-order valence-electron chi connectivity index (χ2n) is 1.87. The maximum Gasteiger partial charge on any atom is 0.136 e. The molecule has 0 aliphatic carbocycles. The minimum absolute atomic E-state index is 0. The quantitative estimate of drug-likeness (QED) is 0.483. The molecular formula is C5H12ClNO2S. The van der Waals surface area contributed by atoms with Crippen LogP contribution in [-0.2, 0) is 16.0 Å². The molecule has 0 aromatic carbocycles. The first-order chi connectivity index (χ1) is 4.16. The average molecular weight is 186 g/mol. The normalized spacial score (nSPS) is 15.1. The molecule has 2 atom stereocenters. The number of aldehydes is 1. The van der Waals surface area contributed by atoms with E-state index in [2.05, 4.69) is 0 Å². The van der Waals surface area contributed by atoms with Gasteiger partial charge in [-0.05, 0) is 0 Å². The third-order valence-electron chi connectivity index (χ3n) is 0.913. The Morgan fingerprint density at radius 1 is 1.80 bits per heavy atom. The SMILES string of the molecule is C[S+]([O-])CC[C@H](N)C=O.Cl. The van der Waals surface area contributed by atoms with Crippen LogP contribution >= 0.6 is 12.4 Å². The molecular weight excluding hydrogens is 174 g/mol. The smallest absolute Gasteiger partial charge is 0.136 e. The van der Waals surface area contributed by atoms with Gasteiger partial charge in [0.1, 0.15) is 12.0 Å². The summed E-state index contributed by atoms with van der Waals surface area (Å²) in [6.45, 7) is 0. The van der Waals surface area contributed by atoms with Gasteiger partial charge in [0.25, 0.3) is 0 Å². The molecule has 0 spiro atoms. The van der Waals surface area contributed by atoms with Crippen LogP contribution in [0.25, 0.3) is 0 Å². The van der Waals surface area contributed by atoms with Gasteiger partial charge in [0.2, 0.25) is 0 Å². The Hall–Kier alpha value is 0.230. The van der Waals surface area contributed by atoms with Crippen LogP contribution in [0.4, 0.5) is 0 Å². The standard InChI is InChI=1S/C5H11NO2S.ClH/c1-9(8)3-2-5(6)4-7;/h4-5H,2-3,6H2,1H3;1H/t5-,9?;/m0./s1. The van der Waals surface area contributed by atoms with Crippen molar-refractivity contribution in [3.63, 3.8) is 0 Å². The van der Waals surface area contributed by atoms with E-state index >= 15 is 0 Å². The molecule has 0 radical (unpaired) electrons. The molecule has 0 heterocycles. The second kappa shape index (κ2) is 7.34. The number of nitrogens with two attached hydrogens (primary N) is 1. The summed E-state index contributed by atoms with van der Waals surface area (Å²) in [4.78, 5) is 9.89. The van der Waals surface area contributed by atoms with Crippen LogP contribution in [0.15, 0.2) is 0 Å². The molecule has 62 valence electrons. The second-order valence-corrected chi connectivity index (χ2v) is 3.42. The fraction of sp³-hybridized carbons (Fsp3) is 0.800. The monoisotopic (exact) mass is 185 g/mol. The van der Waals surface area contributed by atoms with Crippen LogP contribution in [0.2, 0.25) is 0 Å². The largest absolute Gasteiger partial charge is 0.617 e. The van der Waals surface area contributed by atoms with Gasteiger partial charge in [0, 0.05) is 6.42 Å². The summed E-state index contributed by atoms with van der Waals surface area (Å²) in [5.74, 6) is 0.514. The molecule has 0 aliphatic heterocycles. The maximum atomic E-state index is 10.4. The van der Waals surface area contributed by atoms with E-state index in [-0.39, 0.29) is 12.4 Å². The van der Waals surface area contributed by atoms with Gasteiger partial charge in [-0.25, -0.2) is 0 Å². The van der Waals surface area contributed by atoms with Crippen molar-refractivity contribution < 1.29 is 9.35 Å². The summed E-state index contributed by atoms with van der Waals surface area (Å²) < 4.78 is 10.4. The lowest BCUT2D eigenvalue weighted by atomic mass is 10.3. The van der Waals surface area contributed by atoms with E-state index in [1.807, 2.05) is 0 Å². The van der Waals surface area contributed by atoms with Crippen LogP contribution in [0, 0.1) is 0 Å². The number of halogens is 1. The lowest BCUT2D eigenvalue weighted by Gasteiger charge is -2.05. The minimum Gasteiger partial charge on any atom is -0.617 e. The molecule has 0 fully saturated rings. The van der Waals surface area contributed by atoms with Crippen LogP contribution in [0.1, 0.15) is 6.42 Å². The van der Waals surface area contributed by atoms with Gasteiger partial charge in [-0.1, -0.05) is 11.2 Å². The predicted octanol–water partition coefficient (Wildman–Crippen LogP) is -0.297. The van der Waals surface area contributed by atoms with E-state index in [9.17, 15) is 9.35 Å². The highest BCUT2D eigenvalue weighted by molar-refractivity contribution is 7.90. The topological polar surface area (TPSA) is 66.2 Å². The Morgan fingerprint density at radius 2 is 2.30 bits per heavy atom. The number of rotatable bonds is 4. The molecule has 0 aromatic rings. The van der Waals surface area contributed by atoms with Crippen molar-refractivity contribution in [2.75, 3.05) is 12.0 Å². The fourth-order valence-electron chi connectivity index (χ4n) is 0.370. The third-order valence-corrected chi connectivity index (χ3v) is 1.72. The first-order valence-corrected chi connectivity index (χ1v) is 4.40. The van der Waals surface area contributed by atoms with E-state index in [1.54, 1.807) is 6.26 Å². The van der Waals surface area contributed by atoms with Crippen LogP contribution in [0.3, 0.4) is 0 Å². The zero-order valence-electron chi connectivity index (χ0n) is 5.78. The van der Waals surface area contributed by atoms with Gasteiger partial charge < -0.3 is 15.1 Å². The molecule has 2 N–H and O–H groups in total. The van der Waals surface area contributed by atoms with Crippen molar-refractivity contribution in [1.82, 2.24) is 0 Å². The van der Waals surface area contributed by atoms with Crippen molar-refractivity contribution in [2.24, 2.45) is 5.73 Å². The van der Waals surface area contributed by atoms with Gasteiger partial charge in [-0.2, -0.15) is 0 Å². The third kappa shape index (κ3) is 8.23. The molecule has 0 rings (SSSR count). The molecule has 0 aromatic heterocycles. The highest BCUT2D eigenvalue weighted by Gasteiger charge is 2.03. The molecule has 0 saturated heterocycles. The Kier molecular flexibility index (Phi) is 9.44. The van der Waals surface area contributed by atoms with Gasteiger partial charge in [-0.3, -0.25) is 0 Å². The molecule has 0 saturated carbocycles. The van der Waals surface area contributed by atoms with Gasteiger partial charge in [-0.15, -0.1) is 12.4 Å². The number of carbonyl (C=O) groups is 1. The first kappa shape index (κ1) is 12.9. The fourth-order valence-corrected chi connectivity index (χ4v) is 0.974. The van der Waals surface area contributed by atoms with Crippen LogP contribution in [0.5, 0.6) is 0 Å². The lowest BCUT2D eigenvalue weighted by molar-refractivity contribution is -0.108. The van der Waals surface area contributed by atoms with Crippen molar-refractivity contribution >= 4 is 29.9 Å². The summed E-state index contributed by atoms with van der Waals surface area (Å²) in [7, 11) is 0. The molecule has 10 heavy (non-hydrogen) atoms. The average Bonchev–Trinajstić information content (AvgIpc) is 1.83. The molecule has 0 bridgehead atoms. The molecule has 1 unspecified atom stereocenters. The van der Waals surface area contributed by atoms with Crippen molar-refractivity contribution in [1.29, 1.82) is 0 Å². The number of hydrogen-bond acceptors (Lipinski definition) is 3. The van der Waals surface area contributed by atoms with Crippen molar-refractivity contribution in [3.05, 3.63) is 0 Å². The summed E-state index contributed by atoms with van der Waals surface area (Å²) in [6, 6.07) is -0.436. The van der Waals surface area contributed by atoms with E-state index in [1.165, 1.54) is 0 Å². The molecule has 0 amide bonds. The summed E-state index contributed by atoms with van der Waals surface area (Å²) in [6.07, 6.45) is 2.79. The molecule has 0 aliphatic rings.